The Morgan fingerprint density at radius 2 is 2.00 bits per heavy atom. The number of hydrogen-bond acceptors (Lipinski definition) is 2. The van der Waals surface area contributed by atoms with E-state index >= 15 is 0 Å². The second-order valence-corrected chi connectivity index (χ2v) is 4.68. The zero-order valence-corrected chi connectivity index (χ0v) is 9.26. The van der Waals surface area contributed by atoms with E-state index in [0.717, 1.165) is 25.8 Å². The first-order valence-electron chi connectivity index (χ1n) is 5.82. The van der Waals surface area contributed by atoms with Crippen LogP contribution in [0.15, 0.2) is 12.2 Å². The van der Waals surface area contributed by atoms with Gasteiger partial charge in [0, 0.05) is 25.4 Å². The van der Waals surface area contributed by atoms with Crippen LogP contribution in [0.1, 0.15) is 25.7 Å². The number of hydrogen-bond donors (Lipinski definition) is 1. The first-order chi connectivity index (χ1) is 7.66. The Balaban J connectivity index is 1.83. The highest BCUT2D eigenvalue weighted by Crippen LogP contribution is 2.25. The molecule has 1 atom stereocenters. The minimum atomic E-state index is -0.762. The van der Waals surface area contributed by atoms with Crippen LogP contribution in [0, 0.1) is 11.8 Å². The summed E-state index contributed by atoms with van der Waals surface area (Å²) in [5, 5.41) is 8.70. The molecule has 4 nitrogen and oxygen atoms in total. The molecule has 0 bridgehead atoms. The fourth-order valence-corrected chi connectivity index (χ4v) is 2.52. The summed E-state index contributed by atoms with van der Waals surface area (Å²) in [7, 11) is 0. The minimum Gasteiger partial charge on any atom is -0.481 e. The number of aliphatic carboxylic acids is 1. The van der Waals surface area contributed by atoms with Crippen molar-refractivity contribution in [1.29, 1.82) is 0 Å². The SMILES string of the molecule is O=C(O)CC1CCN(C(=O)C2CC=CC2)C1. The number of amides is 1. The van der Waals surface area contributed by atoms with Crippen molar-refractivity contribution in [3.8, 4) is 0 Å². The smallest absolute Gasteiger partial charge is 0.303 e. The summed E-state index contributed by atoms with van der Waals surface area (Å²) in [6.07, 6.45) is 6.81. The second-order valence-electron chi connectivity index (χ2n) is 4.68. The predicted molar refractivity (Wildman–Crippen MR) is 58.8 cm³/mol. The van der Waals surface area contributed by atoms with E-state index < -0.39 is 5.97 Å². The molecule has 0 aromatic heterocycles. The molecule has 1 saturated heterocycles. The molecule has 0 aromatic rings. The molecule has 16 heavy (non-hydrogen) atoms. The van der Waals surface area contributed by atoms with Crippen LogP contribution in [-0.4, -0.2) is 35.0 Å². The summed E-state index contributed by atoms with van der Waals surface area (Å²) < 4.78 is 0. The molecule has 1 N–H and O–H groups in total. The second kappa shape index (κ2) is 4.68. The van der Waals surface area contributed by atoms with Crippen LogP contribution in [0.4, 0.5) is 0 Å². The molecular formula is C12H17NO3. The molecule has 0 saturated carbocycles. The molecule has 4 heteroatoms. The Bertz CT molecular complexity index is 316. The molecule has 2 aliphatic rings. The third-order valence-corrected chi connectivity index (χ3v) is 3.42. The Hall–Kier alpha value is -1.32. The molecule has 1 unspecified atom stereocenters. The lowest BCUT2D eigenvalue weighted by Gasteiger charge is -2.20. The molecule has 0 aromatic carbocycles. The van der Waals surface area contributed by atoms with Gasteiger partial charge in [0.2, 0.25) is 5.91 Å². The maximum absolute atomic E-state index is 12.0. The number of nitrogens with zero attached hydrogens (tertiary/aromatic N) is 1. The van der Waals surface area contributed by atoms with E-state index in [9.17, 15) is 9.59 Å². The summed E-state index contributed by atoms with van der Waals surface area (Å²) >= 11 is 0. The van der Waals surface area contributed by atoms with Gasteiger partial charge in [0.15, 0.2) is 0 Å². The van der Waals surface area contributed by atoms with Gasteiger partial charge in [-0.1, -0.05) is 12.2 Å². The number of carboxylic acid groups (broad SMARTS) is 1. The average molecular weight is 223 g/mol. The zero-order valence-electron chi connectivity index (χ0n) is 9.26. The highest BCUT2D eigenvalue weighted by atomic mass is 16.4. The number of rotatable bonds is 3. The van der Waals surface area contributed by atoms with Gasteiger partial charge in [0.1, 0.15) is 0 Å². The lowest BCUT2D eigenvalue weighted by atomic mass is 10.0. The van der Waals surface area contributed by atoms with Crippen molar-refractivity contribution in [2.75, 3.05) is 13.1 Å². The van der Waals surface area contributed by atoms with E-state index in [1.807, 2.05) is 17.1 Å². The topological polar surface area (TPSA) is 57.6 Å². The van der Waals surface area contributed by atoms with E-state index in [4.69, 9.17) is 5.11 Å². The van der Waals surface area contributed by atoms with Crippen LogP contribution in [-0.2, 0) is 9.59 Å². The Morgan fingerprint density at radius 3 is 2.62 bits per heavy atom. The zero-order chi connectivity index (χ0) is 11.5. The first-order valence-corrected chi connectivity index (χ1v) is 5.82. The number of carbonyl (C=O) groups is 2. The molecule has 0 radical (unpaired) electrons. The van der Waals surface area contributed by atoms with Gasteiger partial charge in [-0.25, -0.2) is 0 Å². The largest absolute Gasteiger partial charge is 0.481 e. The summed E-state index contributed by atoms with van der Waals surface area (Å²) in [4.78, 5) is 24.4. The molecule has 88 valence electrons. The van der Waals surface area contributed by atoms with E-state index in [0.29, 0.717) is 6.54 Å². The van der Waals surface area contributed by atoms with Crippen LogP contribution >= 0.6 is 0 Å². The van der Waals surface area contributed by atoms with Gasteiger partial charge in [-0.15, -0.1) is 0 Å². The maximum atomic E-state index is 12.0. The van der Waals surface area contributed by atoms with Crippen molar-refractivity contribution in [2.45, 2.75) is 25.7 Å². The molecule has 1 heterocycles. The summed E-state index contributed by atoms with van der Waals surface area (Å²) in [5.74, 6) is -0.292. The van der Waals surface area contributed by atoms with Gasteiger partial charge in [-0.05, 0) is 25.2 Å². The monoisotopic (exact) mass is 223 g/mol. The van der Waals surface area contributed by atoms with Gasteiger partial charge < -0.3 is 10.0 Å². The molecular weight excluding hydrogens is 206 g/mol. The Kier molecular flexibility index (Phi) is 3.27. The van der Waals surface area contributed by atoms with Crippen LogP contribution in [0.3, 0.4) is 0 Å². The quantitative estimate of drug-likeness (QED) is 0.733. The minimum absolute atomic E-state index is 0.114. The summed E-state index contributed by atoms with van der Waals surface area (Å²) in [5.41, 5.74) is 0. The van der Waals surface area contributed by atoms with E-state index in [-0.39, 0.29) is 24.2 Å². The predicted octanol–water partition coefficient (Wildman–Crippen LogP) is 1.28. The van der Waals surface area contributed by atoms with Crippen LogP contribution in [0.25, 0.3) is 0 Å². The number of carboxylic acids is 1. The van der Waals surface area contributed by atoms with Gasteiger partial charge in [0.25, 0.3) is 0 Å². The molecule has 2 rings (SSSR count). The normalized spacial score (nSPS) is 25.2. The highest BCUT2D eigenvalue weighted by Gasteiger charge is 2.31. The van der Waals surface area contributed by atoms with Crippen molar-refractivity contribution >= 4 is 11.9 Å². The Labute approximate surface area is 94.9 Å². The first kappa shape index (κ1) is 11.2. The van der Waals surface area contributed by atoms with Crippen LogP contribution < -0.4 is 0 Å². The fourth-order valence-electron chi connectivity index (χ4n) is 2.52. The van der Waals surface area contributed by atoms with E-state index in [1.54, 1.807) is 0 Å². The molecule has 0 spiro atoms. The summed E-state index contributed by atoms with van der Waals surface area (Å²) in [6, 6.07) is 0. The molecule has 1 amide bonds. The maximum Gasteiger partial charge on any atom is 0.303 e. The van der Waals surface area contributed by atoms with Crippen LogP contribution in [0.2, 0.25) is 0 Å². The number of carbonyl (C=O) groups excluding carboxylic acids is 1. The van der Waals surface area contributed by atoms with Gasteiger partial charge in [-0.2, -0.15) is 0 Å². The molecule has 1 aliphatic carbocycles. The van der Waals surface area contributed by atoms with Gasteiger partial charge >= 0.3 is 5.97 Å². The molecule has 1 fully saturated rings. The standard InChI is InChI=1S/C12H17NO3/c14-11(15)7-9-5-6-13(8-9)12(16)10-3-1-2-4-10/h1-2,9-10H,3-8H2,(H,14,15). The van der Waals surface area contributed by atoms with Gasteiger partial charge in [-0.3, -0.25) is 9.59 Å². The third-order valence-electron chi connectivity index (χ3n) is 3.42. The number of allylic oxidation sites excluding steroid dienone is 2. The van der Waals surface area contributed by atoms with E-state index in [1.165, 1.54) is 0 Å². The van der Waals surface area contributed by atoms with Crippen molar-refractivity contribution in [2.24, 2.45) is 11.8 Å². The lowest BCUT2D eigenvalue weighted by Crippen LogP contribution is -2.33. The summed E-state index contributed by atoms with van der Waals surface area (Å²) in [6.45, 7) is 1.36. The number of likely N-dealkylation sites (tertiary alicyclic amines) is 1. The Morgan fingerprint density at radius 1 is 1.31 bits per heavy atom. The van der Waals surface area contributed by atoms with Crippen molar-refractivity contribution in [3.63, 3.8) is 0 Å². The average Bonchev–Trinajstić information content (AvgIpc) is 2.84. The van der Waals surface area contributed by atoms with E-state index in [2.05, 4.69) is 0 Å². The molecule has 1 aliphatic heterocycles. The van der Waals surface area contributed by atoms with Crippen LogP contribution in [0.5, 0.6) is 0 Å². The fraction of sp³-hybridized carbons (Fsp3) is 0.667. The highest BCUT2D eigenvalue weighted by molar-refractivity contribution is 5.80. The van der Waals surface area contributed by atoms with Crippen molar-refractivity contribution in [1.82, 2.24) is 4.90 Å². The van der Waals surface area contributed by atoms with Crippen molar-refractivity contribution in [3.05, 3.63) is 12.2 Å². The van der Waals surface area contributed by atoms with Gasteiger partial charge in [0.05, 0.1) is 0 Å². The lowest BCUT2D eigenvalue weighted by molar-refractivity contribution is -0.139. The third kappa shape index (κ3) is 2.43. The van der Waals surface area contributed by atoms with Crippen molar-refractivity contribution < 1.29 is 14.7 Å².